The predicted molar refractivity (Wildman–Crippen MR) is 110 cm³/mol. The molecule has 0 aliphatic carbocycles. The van der Waals surface area contributed by atoms with Crippen LogP contribution in [0.25, 0.3) is 0 Å². The summed E-state index contributed by atoms with van der Waals surface area (Å²) >= 11 is 0. The summed E-state index contributed by atoms with van der Waals surface area (Å²) < 4.78 is 44.2. The summed E-state index contributed by atoms with van der Waals surface area (Å²) in [5.41, 5.74) is -0.482. The van der Waals surface area contributed by atoms with E-state index < -0.39 is 5.41 Å². The van der Waals surface area contributed by atoms with E-state index >= 15 is 0 Å². The van der Waals surface area contributed by atoms with Gasteiger partial charge in [0.15, 0.2) is 0 Å². The fourth-order valence-corrected chi connectivity index (χ4v) is 2.28. The summed E-state index contributed by atoms with van der Waals surface area (Å²) in [4.78, 5) is 0. The van der Waals surface area contributed by atoms with Crippen LogP contribution in [0.3, 0.4) is 0 Å². The van der Waals surface area contributed by atoms with E-state index in [0.717, 1.165) is 0 Å². The number of ether oxygens (including phenoxy) is 8. The Kier molecular flexibility index (Phi) is 54.4. The maximum absolute atomic E-state index is 5.82. The molecule has 0 aliphatic heterocycles. The average Bonchev–Trinajstić information content (AvgIpc) is 2.73. The third-order valence-corrected chi connectivity index (χ3v) is 3.70. The Morgan fingerprint density at radius 3 is 0.697 bits per heavy atom. The average molecular weight is 776 g/mol. The van der Waals surface area contributed by atoms with Gasteiger partial charge in [-0.1, -0.05) is 26.4 Å². The van der Waals surface area contributed by atoms with Crippen molar-refractivity contribution < 1.29 is 169 Å². The molecule has 0 aromatic heterocycles. The Morgan fingerprint density at radius 1 is 0.333 bits per heavy atom. The van der Waals surface area contributed by atoms with Crippen molar-refractivity contribution >= 4 is 0 Å². The Labute approximate surface area is 302 Å². The first kappa shape index (κ1) is 46.9. The first-order chi connectivity index (χ1) is 14.2. The van der Waals surface area contributed by atoms with Gasteiger partial charge in [0.1, 0.15) is 0 Å². The molecule has 8 nitrogen and oxygen atoms in total. The molecule has 12 heteroatoms. The van der Waals surface area contributed by atoms with E-state index in [1.165, 1.54) is 0 Å². The van der Waals surface area contributed by atoms with Gasteiger partial charge in [-0.2, -0.15) is 0 Å². The SMILES string of the molecule is [CH2-]COCCOCC(COCCOC[CH2-])(COCCOC[CH2-])COCCOC[CH2-].[Y].[Y].[Y].[Y]. The molecule has 0 amide bonds. The third kappa shape index (κ3) is 32.2. The van der Waals surface area contributed by atoms with E-state index in [9.17, 15) is 0 Å². The molecule has 0 N–H and O–H groups in total. The van der Waals surface area contributed by atoms with Gasteiger partial charge in [0, 0.05) is 131 Å². The van der Waals surface area contributed by atoms with Gasteiger partial charge in [0.2, 0.25) is 0 Å². The number of hydrogen-bond acceptors (Lipinski definition) is 8. The van der Waals surface area contributed by atoms with Gasteiger partial charge in [0.25, 0.3) is 0 Å². The van der Waals surface area contributed by atoms with Crippen LogP contribution in [-0.4, -0.2) is 106 Å². The zero-order chi connectivity index (χ0) is 21.5. The van der Waals surface area contributed by atoms with Crippen molar-refractivity contribution in [2.75, 3.05) is 106 Å². The van der Waals surface area contributed by atoms with Crippen molar-refractivity contribution in [3.63, 3.8) is 0 Å². The molecule has 0 fully saturated rings. The Hall–Kier alpha value is 4.10. The monoisotopic (exact) mass is 776 g/mol. The van der Waals surface area contributed by atoms with Gasteiger partial charge in [-0.3, -0.25) is 0 Å². The Morgan fingerprint density at radius 2 is 0.515 bits per heavy atom. The van der Waals surface area contributed by atoms with E-state index in [0.29, 0.717) is 106 Å². The molecule has 0 aromatic rings. The smallest absolute Gasteiger partial charge is 0.0699 e. The van der Waals surface area contributed by atoms with E-state index in [2.05, 4.69) is 27.7 Å². The van der Waals surface area contributed by atoms with Crippen molar-refractivity contribution in [2.45, 2.75) is 0 Å². The van der Waals surface area contributed by atoms with E-state index in [1.807, 2.05) is 0 Å². The normalized spacial score (nSPS) is 10.5. The Balaban J connectivity index is -0.000000653. The number of hydrogen-bond donors (Lipinski definition) is 0. The fraction of sp³-hybridized carbons (Fsp3) is 0.810. The quantitative estimate of drug-likeness (QED) is 0.108. The van der Waals surface area contributed by atoms with Crippen LogP contribution in [0.15, 0.2) is 0 Å². The molecule has 188 valence electrons. The van der Waals surface area contributed by atoms with Crippen LogP contribution in [0.5, 0.6) is 0 Å². The van der Waals surface area contributed by atoms with Gasteiger partial charge < -0.3 is 65.6 Å². The molecule has 4 radical (unpaired) electrons. The molecule has 0 unspecified atom stereocenters. The van der Waals surface area contributed by atoms with Gasteiger partial charge in [-0.25, -0.2) is 0 Å². The van der Waals surface area contributed by atoms with Crippen molar-refractivity contribution in [1.82, 2.24) is 0 Å². The van der Waals surface area contributed by atoms with Crippen LogP contribution >= 0.6 is 0 Å². The van der Waals surface area contributed by atoms with Gasteiger partial charge in [0.05, 0.1) is 84.7 Å². The maximum atomic E-state index is 5.82. The summed E-state index contributed by atoms with van der Waals surface area (Å²) in [6, 6.07) is 0. The summed E-state index contributed by atoms with van der Waals surface area (Å²) in [6.07, 6.45) is 0. The minimum atomic E-state index is -0.482. The first-order valence-electron chi connectivity index (χ1n) is 10.0. The summed E-state index contributed by atoms with van der Waals surface area (Å²) in [7, 11) is 0. The Bertz CT molecular complexity index is 273. The standard InChI is InChI=1S/C21H40O8.4Y/c1-5-22-9-13-26-17-21(18-27-14-10-23-6-2,19-28-15-11-24-7-3)20-29-16-12-25-8-4;;;;/h1-20H2;;;;/q-4;;;;. The second-order valence-corrected chi connectivity index (χ2v) is 6.16. The molecule has 0 aliphatic rings. The first-order valence-corrected chi connectivity index (χ1v) is 10.0. The molecule has 0 saturated heterocycles. The van der Waals surface area contributed by atoms with Crippen LogP contribution in [0.1, 0.15) is 0 Å². The molecule has 0 rings (SSSR count). The molecule has 0 aromatic carbocycles. The van der Waals surface area contributed by atoms with Crippen molar-refractivity contribution in [2.24, 2.45) is 5.41 Å². The van der Waals surface area contributed by atoms with Crippen LogP contribution in [-0.2, 0) is 169 Å². The van der Waals surface area contributed by atoms with Crippen LogP contribution in [0.2, 0.25) is 0 Å². The van der Waals surface area contributed by atoms with Gasteiger partial charge >= 0.3 is 0 Å². The molecule has 0 atom stereocenters. The second kappa shape index (κ2) is 38.2. The van der Waals surface area contributed by atoms with E-state index in [1.54, 1.807) is 0 Å². The molecule has 33 heavy (non-hydrogen) atoms. The largest absolute Gasteiger partial charge is 0.411 e. The van der Waals surface area contributed by atoms with Crippen molar-refractivity contribution in [1.29, 1.82) is 0 Å². The predicted octanol–water partition coefficient (Wildman–Crippen LogP) is 1.43. The summed E-state index contributed by atoms with van der Waals surface area (Å²) in [6.45, 7) is 21.5. The van der Waals surface area contributed by atoms with Crippen LogP contribution in [0.4, 0.5) is 0 Å². The molecule has 0 bridgehead atoms. The summed E-state index contributed by atoms with van der Waals surface area (Å²) in [5, 5.41) is 0. The van der Waals surface area contributed by atoms with E-state index in [-0.39, 0.29) is 131 Å². The molecular formula is C21H40O8Y4-4. The fourth-order valence-electron chi connectivity index (χ4n) is 2.28. The minimum absolute atomic E-state index is 0. The molecule has 0 heterocycles. The topological polar surface area (TPSA) is 73.8 Å². The third-order valence-electron chi connectivity index (χ3n) is 3.70. The van der Waals surface area contributed by atoms with Crippen molar-refractivity contribution in [3.8, 4) is 0 Å². The molecule has 0 saturated carbocycles. The minimum Gasteiger partial charge on any atom is -0.411 e. The van der Waals surface area contributed by atoms with Gasteiger partial charge in [-0.15, -0.1) is 0 Å². The van der Waals surface area contributed by atoms with Gasteiger partial charge in [-0.05, 0) is 0 Å². The zero-order valence-corrected chi connectivity index (χ0v) is 31.6. The maximum Gasteiger partial charge on any atom is 0.0699 e. The molecule has 0 spiro atoms. The summed E-state index contributed by atoms with van der Waals surface area (Å²) in [5.74, 6) is 0. The van der Waals surface area contributed by atoms with E-state index in [4.69, 9.17) is 37.9 Å². The van der Waals surface area contributed by atoms with Crippen LogP contribution in [0, 0.1) is 33.1 Å². The van der Waals surface area contributed by atoms with Crippen LogP contribution < -0.4 is 0 Å². The number of rotatable bonds is 24. The zero-order valence-electron chi connectivity index (χ0n) is 20.2. The van der Waals surface area contributed by atoms with Crippen molar-refractivity contribution in [3.05, 3.63) is 27.7 Å². The second-order valence-electron chi connectivity index (χ2n) is 6.16. The molecular weight excluding hydrogens is 736 g/mol.